The number of aryl methyl sites for hydroxylation is 1. The highest BCUT2D eigenvalue weighted by molar-refractivity contribution is 9.10. The van der Waals surface area contributed by atoms with E-state index in [0.29, 0.717) is 10.4 Å². The van der Waals surface area contributed by atoms with Gasteiger partial charge in [0.1, 0.15) is 4.47 Å². The van der Waals surface area contributed by atoms with Crippen molar-refractivity contribution in [3.63, 3.8) is 0 Å². The Morgan fingerprint density at radius 1 is 1.43 bits per heavy atom. The molecule has 0 aliphatic rings. The maximum absolute atomic E-state index is 11.8. The van der Waals surface area contributed by atoms with E-state index in [2.05, 4.69) is 41.8 Å². The molecular weight excluding hydrogens is 244 g/mol. The molecule has 1 N–H and O–H groups in total. The number of hydrogen-bond donors (Lipinski definition) is 1. The fourth-order valence-electron chi connectivity index (χ4n) is 1.30. The van der Waals surface area contributed by atoms with Gasteiger partial charge >= 0.3 is 0 Å². The number of H-pyrrole nitrogens is 1. The largest absolute Gasteiger partial charge is 0.298 e. The minimum Gasteiger partial charge on any atom is -0.298 e. The molecule has 1 unspecified atom stereocenters. The highest BCUT2D eigenvalue weighted by Gasteiger charge is 2.16. The van der Waals surface area contributed by atoms with Crippen molar-refractivity contribution in [3.05, 3.63) is 20.5 Å². The van der Waals surface area contributed by atoms with Gasteiger partial charge in [-0.3, -0.25) is 9.89 Å². The van der Waals surface area contributed by atoms with Crippen molar-refractivity contribution in [2.75, 3.05) is 0 Å². The zero-order valence-corrected chi connectivity index (χ0v) is 10.7. The van der Waals surface area contributed by atoms with Gasteiger partial charge in [0.15, 0.2) is 0 Å². The zero-order chi connectivity index (χ0) is 10.9. The van der Waals surface area contributed by atoms with E-state index in [-0.39, 0.29) is 11.6 Å². The van der Waals surface area contributed by atoms with Crippen molar-refractivity contribution >= 4 is 15.9 Å². The molecule has 1 aromatic rings. The molecule has 1 atom stereocenters. The van der Waals surface area contributed by atoms with Crippen molar-refractivity contribution in [2.45, 2.75) is 40.2 Å². The molecule has 3 nitrogen and oxygen atoms in total. The molecule has 0 aliphatic carbocycles. The first-order valence-electron chi connectivity index (χ1n) is 4.97. The molecule has 1 rings (SSSR count). The van der Waals surface area contributed by atoms with Crippen LogP contribution in [0.2, 0.25) is 0 Å². The number of nitrogens with one attached hydrogen (secondary N) is 1. The second-order valence-electron chi connectivity index (χ2n) is 3.92. The Kier molecular flexibility index (Phi) is 3.59. The van der Waals surface area contributed by atoms with Crippen LogP contribution >= 0.6 is 15.9 Å². The van der Waals surface area contributed by atoms with Crippen molar-refractivity contribution in [1.29, 1.82) is 0 Å². The molecule has 80 valence electrons. The summed E-state index contributed by atoms with van der Waals surface area (Å²) in [7, 11) is 0. The molecule has 0 saturated carbocycles. The van der Waals surface area contributed by atoms with E-state index in [1.807, 2.05) is 6.92 Å². The summed E-state index contributed by atoms with van der Waals surface area (Å²) in [5, 5.41) is 3.14. The summed E-state index contributed by atoms with van der Waals surface area (Å²) >= 11 is 3.31. The zero-order valence-electron chi connectivity index (χ0n) is 9.10. The van der Waals surface area contributed by atoms with Crippen LogP contribution in [0.4, 0.5) is 0 Å². The average Bonchev–Trinajstić information content (AvgIpc) is 2.43. The van der Waals surface area contributed by atoms with E-state index >= 15 is 0 Å². The second-order valence-corrected chi connectivity index (χ2v) is 4.71. The molecule has 0 spiro atoms. The predicted octanol–water partition coefficient (Wildman–Crippen LogP) is 2.72. The van der Waals surface area contributed by atoms with Crippen molar-refractivity contribution in [3.8, 4) is 0 Å². The average molecular weight is 261 g/mol. The third kappa shape index (κ3) is 1.95. The molecule has 0 amide bonds. The Morgan fingerprint density at radius 3 is 2.36 bits per heavy atom. The van der Waals surface area contributed by atoms with E-state index in [1.165, 1.54) is 0 Å². The number of aromatic nitrogens is 2. The molecule has 1 heterocycles. The molecule has 0 aliphatic heterocycles. The molecule has 0 bridgehead atoms. The number of halogens is 1. The van der Waals surface area contributed by atoms with Gasteiger partial charge in [0, 0.05) is 0 Å². The molecule has 14 heavy (non-hydrogen) atoms. The molecule has 1 aromatic heterocycles. The first-order valence-corrected chi connectivity index (χ1v) is 5.77. The molecule has 0 radical (unpaired) electrons. The number of aromatic amines is 1. The minimum atomic E-state index is 0.0445. The first-order chi connectivity index (χ1) is 6.49. The topological polar surface area (TPSA) is 37.8 Å². The quantitative estimate of drug-likeness (QED) is 0.892. The molecule has 0 fully saturated rings. The van der Waals surface area contributed by atoms with Gasteiger partial charge in [-0.1, -0.05) is 20.8 Å². The fraction of sp³-hybridized carbons (Fsp3) is 0.700. The van der Waals surface area contributed by atoms with Gasteiger partial charge in [-0.15, -0.1) is 0 Å². The third-order valence-electron chi connectivity index (χ3n) is 2.65. The van der Waals surface area contributed by atoms with E-state index in [4.69, 9.17) is 0 Å². The Bertz CT molecular complexity index is 365. The van der Waals surface area contributed by atoms with E-state index in [1.54, 1.807) is 4.68 Å². The van der Waals surface area contributed by atoms with E-state index in [0.717, 1.165) is 12.1 Å². The van der Waals surface area contributed by atoms with Crippen LogP contribution in [0, 0.1) is 5.92 Å². The predicted molar refractivity (Wildman–Crippen MR) is 61.7 cm³/mol. The summed E-state index contributed by atoms with van der Waals surface area (Å²) in [6.45, 7) is 8.30. The lowest BCUT2D eigenvalue weighted by Gasteiger charge is -2.15. The highest BCUT2D eigenvalue weighted by Crippen LogP contribution is 2.17. The van der Waals surface area contributed by atoms with Crippen LogP contribution in [0.25, 0.3) is 0 Å². The Hall–Kier alpha value is -0.510. The Balaban J connectivity index is 3.17. The fourth-order valence-corrected chi connectivity index (χ4v) is 1.86. The monoisotopic (exact) mass is 260 g/mol. The van der Waals surface area contributed by atoms with Crippen LogP contribution < -0.4 is 5.56 Å². The number of hydrogen-bond acceptors (Lipinski definition) is 1. The van der Waals surface area contributed by atoms with Gasteiger partial charge in [-0.05, 0) is 35.2 Å². The van der Waals surface area contributed by atoms with Crippen LogP contribution in [0.5, 0.6) is 0 Å². The summed E-state index contributed by atoms with van der Waals surface area (Å²) < 4.78 is 2.38. The van der Waals surface area contributed by atoms with Gasteiger partial charge in [0.25, 0.3) is 5.56 Å². The SMILES string of the molecule is CCc1[nH]n(C(C)C(C)C)c(=O)c1Br. The number of nitrogens with zero attached hydrogens (tertiary/aromatic N) is 1. The van der Waals surface area contributed by atoms with Gasteiger partial charge in [-0.25, -0.2) is 4.68 Å². The first kappa shape index (κ1) is 11.6. The maximum Gasteiger partial charge on any atom is 0.281 e. The normalized spacial score (nSPS) is 13.6. The van der Waals surface area contributed by atoms with Gasteiger partial charge in [0.05, 0.1) is 11.7 Å². The van der Waals surface area contributed by atoms with Crippen molar-refractivity contribution in [2.24, 2.45) is 5.92 Å². The van der Waals surface area contributed by atoms with Crippen molar-refractivity contribution in [1.82, 2.24) is 9.78 Å². The van der Waals surface area contributed by atoms with Gasteiger partial charge in [-0.2, -0.15) is 0 Å². The lowest BCUT2D eigenvalue weighted by molar-refractivity contribution is 0.365. The smallest absolute Gasteiger partial charge is 0.281 e. The van der Waals surface area contributed by atoms with Crippen LogP contribution in [-0.2, 0) is 6.42 Å². The second kappa shape index (κ2) is 4.34. The summed E-state index contributed by atoms with van der Waals surface area (Å²) in [6.07, 6.45) is 0.841. The standard InChI is InChI=1S/C10H17BrN2O/c1-5-8-9(11)10(14)13(12-8)7(4)6(2)3/h6-7,12H,5H2,1-4H3. The minimum absolute atomic E-state index is 0.0445. The summed E-state index contributed by atoms with van der Waals surface area (Å²) in [5.74, 6) is 0.447. The van der Waals surface area contributed by atoms with E-state index < -0.39 is 0 Å². The van der Waals surface area contributed by atoms with Crippen LogP contribution in [-0.4, -0.2) is 9.78 Å². The lowest BCUT2D eigenvalue weighted by atomic mass is 10.1. The maximum atomic E-state index is 11.8. The van der Waals surface area contributed by atoms with Crippen molar-refractivity contribution < 1.29 is 0 Å². The molecule has 4 heteroatoms. The Labute approximate surface area is 92.6 Å². The summed E-state index contributed by atoms with van der Waals surface area (Å²) in [6, 6.07) is 0.208. The molecule has 0 aromatic carbocycles. The molecule has 0 saturated heterocycles. The number of rotatable bonds is 3. The summed E-state index contributed by atoms with van der Waals surface area (Å²) in [4.78, 5) is 11.8. The molecular formula is C10H17BrN2O. The van der Waals surface area contributed by atoms with Gasteiger partial charge < -0.3 is 0 Å². The van der Waals surface area contributed by atoms with Crippen LogP contribution in [0.1, 0.15) is 39.4 Å². The van der Waals surface area contributed by atoms with Gasteiger partial charge in [0.2, 0.25) is 0 Å². The lowest BCUT2D eigenvalue weighted by Crippen LogP contribution is -2.24. The van der Waals surface area contributed by atoms with Crippen LogP contribution in [0.15, 0.2) is 9.27 Å². The van der Waals surface area contributed by atoms with Crippen LogP contribution in [0.3, 0.4) is 0 Å². The Morgan fingerprint density at radius 2 is 2.00 bits per heavy atom. The highest BCUT2D eigenvalue weighted by atomic mass is 79.9. The summed E-state index contributed by atoms with van der Waals surface area (Å²) in [5.41, 5.74) is 1.02. The van der Waals surface area contributed by atoms with E-state index in [9.17, 15) is 4.79 Å². The third-order valence-corrected chi connectivity index (χ3v) is 3.47.